The van der Waals surface area contributed by atoms with Crippen molar-refractivity contribution in [2.24, 2.45) is 17.8 Å². The maximum atomic E-state index is 12.1. The monoisotopic (exact) mass is 289 g/mol. The fourth-order valence-electron chi connectivity index (χ4n) is 4.02. The fraction of sp³-hybridized carbons (Fsp3) is 0.625. The number of carbonyl (C=O) groups is 1. The van der Waals surface area contributed by atoms with E-state index in [2.05, 4.69) is 10.4 Å². The van der Waals surface area contributed by atoms with Crippen LogP contribution in [0, 0.1) is 17.8 Å². The highest BCUT2D eigenvalue weighted by atomic mass is 16.3. The second-order valence-electron chi connectivity index (χ2n) is 6.12. The zero-order chi connectivity index (χ0) is 14.8. The Kier molecular flexibility index (Phi) is 4.10. The van der Waals surface area contributed by atoms with Crippen LogP contribution in [-0.4, -0.2) is 33.4 Å². The van der Waals surface area contributed by atoms with Gasteiger partial charge in [0.1, 0.15) is 0 Å². The summed E-state index contributed by atoms with van der Waals surface area (Å²) in [4.78, 5) is 12.1. The first-order chi connectivity index (χ1) is 10.2. The fourth-order valence-corrected chi connectivity index (χ4v) is 4.02. The molecule has 0 radical (unpaired) electrons. The van der Waals surface area contributed by atoms with Crippen LogP contribution in [0.1, 0.15) is 31.9 Å². The maximum Gasteiger partial charge on any atom is 0.244 e. The van der Waals surface area contributed by atoms with Gasteiger partial charge in [0.05, 0.1) is 5.69 Å². The summed E-state index contributed by atoms with van der Waals surface area (Å²) in [6.45, 7) is 2.98. The Hall–Kier alpha value is -1.62. The molecule has 1 aromatic rings. The predicted molar refractivity (Wildman–Crippen MR) is 80.3 cm³/mol. The van der Waals surface area contributed by atoms with E-state index in [-0.39, 0.29) is 24.5 Å². The van der Waals surface area contributed by atoms with Crippen molar-refractivity contribution in [2.75, 3.05) is 6.61 Å². The molecule has 2 N–H and O–H groups in total. The van der Waals surface area contributed by atoms with Gasteiger partial charge >= 0.3 is 0 Å². The van der Waals surface area contributed by atoms with Crippen LogP contribution in [0.3, 0.4) is 0 Å². The first-order valence-electron chi connectivity index (χ1n) is 7.84. The minimum atomic E-state index is -0.0742. The highest BCUT2D eigenvalue weighted by Gasteiger charge is 2.47. The summed E-state index contributed by atoms with van der Waals surface area (Å²) in [6.07, 6.45) is 8.64. The topological polar surface area (TPSA) is 67.2 Å². The Bertz CT molecular complexity index is 537. The molecule has 21 heavy (non-hydrogen) atoms. The van der Waals surface area contributed by atoms with Crippen LogP contribution in [0.2, 0.25) is 0 Å². The van der Waals surface area contributed by atoms with Gasteiger partial charge in [0.15, 0.2) is 0 Å². The van der Waals surface area contributed by atoms with E-state index in [4.69, 9.17) is 0 Å². The Morgan fingerprint density at radius 1 is 1.52 bits per heavy atom. The lowest BCUT2D eigenvalue weighted by Gasteiger charge is -2.30. The highest BCUT2D eigenvalue weighted by Crippen LogP contribution is 2.48. The van der Waals surface area contributed by atoms with Crippen LogP contribution >= 0.6 is 0 Å². The summed E-state index contributed by atoms with van der Waals surface area (Å²) in [5, 5.41) is 16.8. The standard InChI is InChI=1S/C16H23N3O2/c1-2-19-13(7-8-17-19)5-6-15(21)18-16-12-4-3-11(9-12)14(16)10-20/h5-8,11-12,14,16,20H,2-4,9-10H2,1H3,(H,18,21)/b6-5+. The van der Waals surface area contributed by atoms with Crippen LogP contribution in [0.5, 0.6) is 0 Å². The van der Waals surface area contributed by atoms with E-state index in [1.165, 1.54) is 12.8 Å². The van der Waals surface area contributed by atoms with Gasteiger partial charge in [-0.1, -0.05) is 0 Å². The number of amides is 1. The lowest BCUT2D eigenvalue weighted by Crippen LogP contribution is -2.44. The first kappa shape index (κ1) is 14.3. The Balaban J connectivity index is 1.62. The molecule has 0 saturated heterocycles. The van der Waals surface area contributed by atoms with Crippen LogP contribution in [-0.2, 0) is 11.3 Å². The van der Waals surface area contributed by atoms with Crippen LogP contribution in [0.4, 0.5) is 0 Å². The van der Waals surface area contributed by atoms with Crippen molar-refractivity contribution in [3.05, 3.63) is 24.0 Å². The smallest absolute Gasteiger partial charge is 0.244 e. The van der Waals surface area contributed by atoms with Gasteiger partial charge in [-0.05, 0) is 50.2 Å². The zero-order valence-corrected chi connectivity index (χ0v) is 12.4. The van der Waals surface area contributed by atoms with Crippen molar-refractivity contribution in [2.45, 2.75) is 38.8 Å². The highest BCUT2D eigenvalue weighted by molar-refractivity contribution is 5.91. The second-order valence-corrected chi connectivity index (χ2v) is 6.12. The summed E-state index contributed by atoms with van der Waals surface area (Å²) in [6, 6.07) is 2.03. The predicted octanol–water partition coefficient (Wildman–Crippen LogP) is 1.44. The number of aromatic nitrogens is 2. The van der Waals surface area contributed by atoms with Crippen molar-refractivity contribution in [1.82, 2.24) is 15.1 Å². The third-order valence-electron chi connectivity index (χ3n) is 5.06. The van der Waals surface area contributed by atoms with Gasteiger partial charge in [0, 0.05) is 37.4 Å². The first-order valence-corrected chi connectivity index (χ1v) is 7.84. The van der Waals surface area contributed by atoms with E-state index in [0.29, 0.717) is 11.8 Å². The number of aliphatic hydroxyl groups excluding tert-OH is 1. The molecule has 4 atom stereocenters. The molecule has 2 saturated carbocycles. The molecular weight excluding hydrogens is 266 g/mol. The van der Waals surface area contributed by atoms with E-state index in [9.17, 15) is 9.90 Å². The van der Waals surface area contributed by atoms with Crippen molar-refractivity contribution in [3.63, 3.8) is 0 Å². The number of rotatable bonds is 5. The van der Waals surface area contributed by atoms with Crippen LogP contribution in [0.25, 0.3) is 6.08 Å². The molecule has 4 unspecified atom stereocenters. The van der Waals surface area contributed by atoms with E-state index < -0.39 is 0 Å². The molecule has 2 bridgehead atoms. The number of nitrogens with zero attached hydrogens (tertiary/aromatic N) is 2. The summed E-state index contributed by atoms with van der Waals surface area (Å²) in [5.74, 6) is 1.30. The molecular formula is C16H23N3O2. The number of carbonyl (C=O) groups excluding carboxylic acids is 1. The average molecular weight is 289 g/mol. The summed E-state index contributed by atoms with van der Waals surface area (Å²) in [7, 11) is 0. The molecule has 2 aliphatic rings. The molecule has 1 heterocycles. The number of hydrogen-bond acceptors (Lipinski definition) is 3. The van der Waals surface area contributed by atoms with E-state index in [0.717, 1.165) is 18.7 Å². The number of aliphatic hydroxyl groups is 1. The number of hydrogen-bond donors (Lipinski definition) is 2. The van der Waals surface area contributed by atoms with E-state index >= 15 is 0 Å². The van der Waals surface area contributed by atoms with Gasteiger partial charge in [-0.25, -0.2) is 0 Å². The van der Waals surface area contributed by atoms with Crippen molar-refractivity contribution in [1.29, 1.82) is 0 Å². The molecule has 0 spiro atoms. The normalized spacial score (nSPS) is 31.1. The van der Waals surface area contributed by atoms with E-state index in [1.54, 1.807) is 18.3 Å². The van der Waals surface area contributed by atoms with Gasteiger partial charge in [-0.2, -0.15) is 5.10 Å². The van der Waals surface area contributed by atoms with Crippen LogP contribution < -0.4 is 5.32 Å². The van der Waals surface area contributed by atoms with Crippen molar-refractivity contribution in [3.8, 4) is 0 Å². The van der Waals surface area contributed by atoms with Crippen molar-refractivity contribution < 1.29 is 9.90 Å². The molecule has 5 heteroatoms. The molecule has 0 aliphatic heterocycles. The average Bonchev–Trinajstić information content (AvgIpc) is 3.20. The molecule has 2 aliphatic carbocycles. The minimum absolute atomic E-state index is 0.0742. The number of aryl methyl sites for hydroxylation is 1. The number of fused-ring (bicyclic) bond motifs is 2. The zero-order valence-electron chi connectivity index (χ0n) is 12.4. The molecule has 5 nitrogen and oxygen atoms in total. The van der Waals surface area contributed by atoms with Gasteiger partial charge < -0.3 is 10.4 Å². The third-order valence-corrected chi connectivity index (χ3v) is 5.06. The lowest BCUT2D eigenvalue weighted by atomic mass is 9.85. The molecule has 0 aromatic carbocycles. The molecule has 1 aromatic heterocycles. The Morgan fingerprint density at radius 2 is 2.33 bits per heavy atom. The quantitative estimate of drug-likeness (QED) is 0.806. The molecule has 3 rings (SSSR count). The van der Waals surface area contributed by atoms with Gasteiger partial charge in [0.2, 0.25) is 5.91 Å². The second kappa shape index (κ2) is 6.02. The van der Waals surface area contributed by atoms with Gasteiger partial charge in [0.25, 0.3) is 0 Å². The Morgan fingerprint density at radius 3 is 3.10 bits per heavy atom. The van der Waals surface area contributed by atoms with Crippen LogP contribution in [0.15, 0.2) is 18.3 Å². The summed E-state index contributed by atoms with van der Waals surface area (Å²) in [5.41, 5.74) is 0.930. The van der Waals surface area contributed by atoms with E-state index in [1.807, 2.05) is 17.7 Å². The molecule has 114 valence electrons. The molecule has 1 amide bonds. The SMILES string of the molecule is CCn1nccc1/C=C/C(=O)NC1C2CCC(C2)C1CO. The van der Waals surface area contributed by atoms with Gasteiger partial charge in [-0.15, -0.1) is 0 Å². The van der Waals surface area contributed by atoms with Crippen molar-refractivity contribution >= 4 is 12.0 Å². The summed E-state index contributed by atoms with van der Waals surface area (Å²) < 4.78 is 1.85. The Labute approximate surface area is 125 Å². The third kappa shape index (κ3) is 2.75. The van der Waals surface area contributed by atoms with Gasteiger partial charge in [-0.3, -0.25) is 9.48 Å². The largest absolute Gasteiger partial charge is 0.396 e. The maximum absolute atomic E-state index is 12.1. The summed E-state index contributed by atoms with van der Waals surface area (Å²) >= 11 is 0. The lowest BCUT2D eigenvalue weighted by molar-refractivity contribution is -0.117. The molecule has 2 fully saturated rings. The minimum Gasteiger partial charge on any atom is -0.396 e. The number of nitrogens with one attached hydrogen (secondary N) is 1.